The zero-order valence-corrected chi connectivity index (χ0v) is 10.4. The highest BCUT2D eigenvalue weighted by atomic mass is 32.2. The Labute approximate surface area is 104 Å². The molecule has 1 aliphatic rings. The van der Waals surface area contributed by atoms with E-state index in [4.69, 9.17) is 5.73 Å². The quantitative estimate of drug-likeness (QED) is 0.496. The predicted molar refractivity (Wildman–Crippen MR) is 71.6 cm³/mol. The summed E-state index contributed by atoms with van der Waals surface area (Å²) in [6.07, 6.45) is 0. The summed E-state index contributed by atoms with van der Waals surface area (Å²) in [5, 5.41) is 11.3. The van der Waals surface area contributed by atoms with E-state index in [0.717, 1.165) is 24.5 Å². The highest BCUT2D eigenvalue weighted by molar-refractivity contribution is 8.00. The average Bonchev–Trinajstić information content (AvgIpc) is 2.28. The summed E-state index contributed by atoms with van der Waals surface area (Å²) in [6, 6.07) is 4.95. The van der Waals surface area contributed by atoms with Gasteiger partial charge in [-0.15, -0.1) is 0 Å². The molecule has 1 unspecified atom stereocenters. The van der Waals surface area contributed by atoms with Gasteiger partial charge in [0.05, 0.1) is 4.92 Å². The number of nitrogen functional groups attached to an aromatic ring is 1. The number of hydrogen-bond donors (Lipinski definition) is 1. The minimum Gasteiger partial charge on any atom is -0.393 e. The molecule has 1 fully saturated rings. The standard InChI is InChI=1S/C11H15N3O2S/c1-8-7-13(4-5-17-8)9-2-3-11(14(15)16)10(12)6-9/h2-3,6,8H,4-5,7,12H2,1H3. The number of thioether (sulfide) groups is 1. The largest absolute Gasteiger partial charge is 0.393 e. The second-order valence-electron chi connectivity index (χ2n) is 4.13. The molecule has 1 aromatic rings. The molecule has 92 valence electrons. The van der Waals surface area contributed by atoms with Crippen LogP contribution in [-0.4, -0.2) is 29.0 Å². The van der Waals surface area contributed by atoms with Gasteiger partial charge in [-0.05, 0) is 12.1 Å². The van der Waals surface area contributed by atoms with E-state index in [1.807, 2.05) is 11.8 Å². The molecule has 1 aromatic carbocycles. The van der Waals surface area contributed by atoms with Crippen LogP contribution >= 0.6 is 11.8 Å². The van der Waals surface area contributed by atoms with Gasteiger partial charge in [-0.25, -0.2) is 0 Å². The maximum atomic E-state index is 10.7. The van der Waals surface area contributed by atoms with E-state index in [2.05, 4.69) is 11.8 Å². The minimum atomic E-state index is -0.451. The molecule has 2 rings (SSSR count). The van der Waals surface area contributed by atoms with E-state index in [1.54, 1.807) is 12.1 Å². The van der Waals surface area contributed by atoms with Crippen LogP contribution in [0.1, 0.15) is 6.92 Å². The van der Waals surface area contributed by atoms with E-state index < -0.39 is 4.92 Å². The molecule has 0 amide bonds. The SMILES string of the molecule is CC1CN(c2ccc([N+](=O)[O-])c(N)c2)CCS1. The minimum absolute atomic E-state index is 0.0202. The molecule has 0 aliphatic carbocycles. The van der Waals surface area contributed by atoms with Crippen molar-refractivity contribution in [3.05, 3.63) is 28.3 Å². The summed E-state index contributed by atoms with van der Waals surface area (Å²) in [5.41, 5.74) is 6.88. The van der Waals surface area contributed by atoms with Crippen molar-refractivity contribution in [2.24, 2.45) is 0 Å². The van der Waals surface area contributed by atoms with Gasteiger partial charge in [0.25, 0.3) is 5.69 Å². The fourth-order valence-electron chi connectivity index (χ4n) is 1.96. The van der Waals surface area contributed by atoms with Crippen LogP contribution in [-0.2, 0) is 0 Å². The lowest BCUT2D eigenvalue weighted by atomic mass is 10.2. The second-order valence-corrected chi connectivity index (χ2v) is 5.67. The first-order valence-corrected chi connectivity index (χ1v) is 6.53. The summed E-state index contributed by atoms with van der Waals surface area (Å²) in [5.74, 6) is 1.08. The van der Waals surface area contributed by atoms with Crippen LogP contribution in [0.25, 0.3) is 0 Å². The van der Waals surface area contributed by atoms with Crippen LogP contribution in [0, 0.1) is 10.1 Å². The van der Waals surface area contributed by atoms with Crippen LogP contribution < -0.4 is 10.6 Å². The number of anilines is 2. The van der Waals surface area contributed by atoms with Gasteiger partial charge < -0.3 is 10.6 Å². The highest BCUT2D eigenvalue weighted by Crippen LogP contribution is 2.29. The molecule has 6 heteroatoms. The third kappa shape index (κ3) is 2.63. The van der Waals surface area contributed by atoms with Gasteiger partial charge in [-0.2, -0.15) is 11.8 Å². The number of nitro benzene ring substituents is 1. The topological polar surface area (TPSA) is 72.4 Å². The lowest BCUT2D eigenvalue weighted by Gasteiger charge is -2.32. The summed E-state index contributed by atoms with van der Waals surface area (Å²) in [4.78, 5) is 12.4. The molecule has 1 heterocycles. The highest BCUT2D eigenvalue weighted by Gasteiger charge is 2.19. The Kier molecular flexibility index (Phi) is 3.42. The monoisotopic (exact) mass is 253 g/mol. The van der Waals surface area contributed by atoms with Crippen molar-refractivity contribution in [1.82, 2.24) is 0 Å². The van der Waals surface area contributed by atoms with E-state index in [-0.39, 0.29) is 11.4 Å². The molecular formula is C11H15N3O2S. The Morgan fingerprint density at radius 3 is 2.94 bits per heavy atom. The molecule has 0 radical (unpaired) electrons. The van der Waals surface area contributed by atoms with Crippen LogP contribution in [0.2, 0.25) is 0 Å². The molecule has 0 saturated carbocycles. The first-order valence-electron chi connectivity index (χ1n) is 5.48. The molecule has 1 saturated heterocycles. The van der Waals surface area contributed by atoms with Gasteiger partial charge >= 0.3 is 0 Å². The lowest BCUT2D eigenvalue weighted by molar-refractivity contribution is -0.383. The summed E-state index contributed by atoms with van der Waals surface area (Å²) in [7, 11) is 0. The fraction of sp³-hybridized carbons (Fsp3) is 0.455. The first-order chi connectivity index (χ1) is 8.08. The van der Waals surface area contributed by atoms with Crippen molar-refractivity contribution in [3.8, 4) is 0 Å². The Morgan fingerprint density at radius 1 is 1.59 bits per heavy atom. The molecule has 0 aromatic heterocycles. The van der Waals surface area contributed by atoms with Crippen LogP contribution in [0.15, 0.2) is 18.2 Å². The van der Waals surface area contributed by atoms with Crippen molar-refractivity contribution in [3.63, 3.8) is 0 Å². The zero-order chi connectivity index (χ0) is 12.4. The van der Waals surface area contributed by atoms with Gasteiger partial charge in [0.1, 0.15) is 5.69 Å². The van der Waals surface area contributed by atoms with Gasteiger partial charge in [-0.1, -0.05) is 6.92 Å². The van der Waals surface area contributed by atoms with E-state index in [0.29, 0.717) is 5.25 Å². The summed E-state index contributed by atoms with van der Waals surface area (Å²) < 4.78 is 0. The normalized spacial score (nSPS) is 20.3. The maximum Gasteiger partial charge on any atom is 0.292 e. The van der Waals surface area contributed by atoms with Crippen molar-refractivity contribution in [2.75, 3.05) is 29.5 Å². The van der Waals surface area contributed by atoms with Crippen LogP contribution in [0.5, 0.6) is 0 Å². The Bertz CT molecular complexity index is 439. The van der Waals surface area contributed by atoms with Gasteiger partial charge in [0, 0.05) is 35.8 Å². The molecule has 1 atom stereocenters. The van der Waals surface area contributed by atoms with E-state index >= 15 is 0 Å². The smallest absolute Gasteiger partial charge is 0.292 e. The summed E-state index contributed by atoms with van der Waals surface area (Å²) >= 11 is 1.95. The third-order valence-electron chi connectivity index (χ3n) is 2.81. The number of nitrogens with two attached hydrogens (primary N) is 1. The molecule has 17 heavy (non-hydrogen) atoms. The molecule has 5 nitrogen and oxygen atoms in total. The molecule has 2 N–H and O–H groups in total. The first kappa shape index (κ1) is 12.0. The predicted octanol–water partition coefficient (Wildman–Crippen LogP) is 2.12. The fourth-order valence-corrected chi connectivity index (χ4v) is 2.97. The number of hydrogen-bond acceptors (Lipinski definition) is 5. The van der Waals surface area contributed by atoms with Crippen molar-refractivity contribution in [1.29, 1.82) is 0 Å². The number of rotatable bonds is 2. The van der Waals surface area contributed by atoms with Gasteiger partial charge in [0.2, 0.25) is 0 Å². The number of nitro groups is 1. The summed E-state index contributed by atoms with van der Waals surface area (Å²) in [6.45, 7) is 4.11. The van der Waals surface area contributed by atoms with E-state index in [9.17, 15) is 10.1 Å². The van der Waals surface area contributed by atoms with Crippen LogP contribution in [0.3, 0.4) is 0 Å². The molecule has 0 bridgehead atoms. The maximum absolute atomic E-state index is 10.7. The van der Waals surface area contributed by atoms with Gasteiger partial charge in [-0.3, -0.25) is 10.1 Å². The van der Waals surface area contributed by atoms with Crippen LogP contribution in [0.4, 0.5) is 17.1 Å². The molecule has 0 spiro atoms. The van der Waals surface area contributed by atoms with Gasteiger partial charge in [0.15, 0.2) is 0 Å². The number of nitrogens with zero attached hydrogens (tertiary/aromatic N) is 2. The lowest BCUT2D eigenvalue weighted by Crippen LogP contribution is -2.36. The number of benzene rings is 1. The third-order valence-corrected chi connectivity index (χ3v) is 3.95. The molecular weight excluding hydrogens is 238 g/mol. The Hall–Kier alpha value is -1.43. The zero-order valence-electron chi connectivity index (χ0n) is 9.63. The molecule has 1 aliphatic heterocycles. The van der Waals surface area contributed by atoms with Crippen molar-refractivity contribution < 1.29 is 4.92 Å². The Balaban J connectivity index is 2.22. The Morgan fingerprint density at radius 2 is 2.35 bits per heavy atom. The van der Waals surface area contributed by atoms with E-state index in [1.165, 1.54) is 6.07 Å². The van der Waals surface area contributed by atoms with Crippen molar-refractivity contribution >= 4 is 28.8 Å². The average molecular weight is 253 g/mol. The second kappa shape index (κ2) is 4.83. The van der Waals surface area contributed by atoms with Crippen molar-refractivity contribution in [2.45, 2.75) is 12.2 Å².